The Morgan fingerprint density at radius 2 is 0.934 bits per heavy atom. The van der Waals surface area contributed by atoms with Gasteiger partial charge < -0.3 is 70.9 Å². The molecule has 598 valence electrons. The van der Waals surface area contributed by atoms with Gasteiger partial charge in [0.05, 0.1) is 121 Å². The Hall–Kier alpha value is 6.99. The first-order valence-corrected chi connectivity index (χ1v) is 42.9. The van der Waals surface area contributed by atoms with Crippen molar-refractivity contribution in [2.45, 2.75) is 257 Å². The summed E-state index contributed by atoms with van der Waals surface area (Å²) in [4.78, 5) is 55.9. The van der Waals surface area contributed by atoms with Crippen LogP contribution in [0, 0.1) is 51.0 Å². The molecule has 0 saturated carbocycles. The molecule has 0 aliphatic carbocycles. The summed E-state index contributed by atoms with van der Waals surface area (Å²) in [5, 5.41) is 36.7. The fraction of sp³-hybridized carbons (Fsp3) is 0.825. The Morgan fingerprint density at radius 1 is 0.575 bits per heavy atom. The van der Waals surface area contributed by atoms with Gasteiger partial charge in [-0.2, -0.15) is 10.3 Å². The molecule has 32 nitrogen and oxygen atoms in total. The van der Waals surface area contributed by atoms with Crippen LogP contribution in [-0.2, 0) is 116 Å². The first-order valence-electron chi connectivity index (χ1n) is 33.1. The van der Waals surface area contributed by atoms with Gasteiger partial charge in [0.15, 0.2) is 16.6 Å². The first kappa shape index (κ1) is 124. The van der Waals surface area contributed by atoms with Gasteiger partial charge in [-0.05, 0) is 49.1 Å². The van der Waals surface area contributed by atoms with Crippen molar-refractivity contribution >= 4 is 358 Å². The molecule has 15 atom stereocenters. The van der Waals surface area contributed by atoms with Crippen molar-refractivity contribution in [3.05, 3.63) is 39.6 Å². The Balaban J connectivity index is -0.000000119. The average molecular weight is 2360 g/mol. The SMILES string of the molecule is C.CC#N.CC(=O)ON(C)C(=O)CCO[P@@](=O)(OC[C@H]1O[CH-]C[C@H]1O)O[C@@H]1C[CH-]O[C@@H]1CO.CC[C@H]1O[CH-]C[C@H]1O[P+](=O)OC[C@H]1O[CH-]C[C@H]1O[Si](C)(C)C(C)(C)C.CC[C@H]1O[CH-]C[C@H]1O[P@@](=O)(OCCC(=O)N(C)C)OC[C@H]1O[CH-]C[C@H]1O[Si](C)(C)C(C)(C)C.CON(C)C(=O)CCO.[Ba+2].[Ba+2].[Ba+2].[Ba+2].[Ba+2].[Ba+2].[H-].[H-].[H-].[H-].[H-].[H-]. The fourth-order valence-corrected chi connectivity index (χ4v) is 15.0. The number of carbonyl (C=O) groups excluding carboxylic acids is 4. The maximum Gasteiger partial charge on any atom is 2.00 e. The van der Waals surface area contributed by atoms with E-state index < -0.39 is 89.0 Å². The van der Waals surface area contributed by atoms with Crippen molar-refractivity contribution in [3.8, 4) is 6.07 Å². The molecule has 106 heavy (non-hydrogen) atoms. The van der Waals surface area contributed by atoms with Gasteiger partial charge in [-0.25, -0.2) is 53.8 Å². The smallest absolute Gasteiger partial charge is 1.00 e. The van der Waals surface area contributed by atoms with Gasteiger partial charge in [-0.1, -0.05) is 62.8 Å². The van der Waals surface area contributed by atoms with E-state index in [9.17, 15) is 43.1 Å². The van der Waals surface area contributed by atoms with E-state index in [2.05, 4.69) is 77.4 Å². The molecule has 6 aliphatic heterocycles. The molecular formula is C63H124Ba6N4O28P3Si2+. The predicted octanol–water partition coefficient (Wildman–Crippen LogP) is 8.48. The van der Waals surface area contributed by atoms with Crippen LogP contribution in [0.5, 0.6) is 0 Å². The fourth-order valence-electron chi connectivity index (χ4n) is 8.70. The van der Waals surface area contributed by atoms with E-state index in [1.165, 1.54) is 46.2 Å². The predicted molar refractivity (Wildman–Crippen MR) is 411 cm³/mol. The number of nitriles is 1. The Bertz CT molecular complexity index is 2600. The third-order valence-corrected chi connectivity index (χ3v) is 29.5. The number of nitrogens with zero attached hydrogens (tertiary/aromatic N) is 4. The van der Waals surface area contributed by atoms with Crippen LogP contribution >= 0.6 is 23.9 Å². The zero-order valence-electron chi connectivity index (χ0n) is 71.5. The van der Waals surface area contributed by atoms with Crippen molar-refractivity contribution in [2.24, 2.45) is 0 Å². The number of phosphoric acid groups is 2. The minimum absolute atomic E-state index is 0. The number of hydroxylamine groups is 4. The van der Waals surface area contributed by atoms with Crippen molar-refractivity contribution in [3.63, 3.8) is 0 Å². The van der Waals surface area contributed by atoms with Crippen molar-refractivity contribution in [1.82, 2.24) is 15.0 Å². The molecule has 0 radical (unpaired) electrons. The number of aliphatic hydroxyl groups excluding tert-OH is 3. The number of hydrogen-bond donors (Lipinski definition) is 3. The minimum atomic E-state index is -4.21. The molecule has 1 unspecified atom stereocenters. The molecule has 0 aromatic carbocycles. The summed E-state index contributed by atoms with van der Waals surface area (Å²) >= 11 is 0. The zero-order chi connectivity index (χ0) is 75.0. The number of carbonyl (C=O) groups is 4. The van der Waals surface area contributed by atoms with Crippen LogP contribution in [0.1, 0.15) is 156 Å². The molecule has 3 amide bonds. The molecule has 6 fully saturated rings. The molecule has 0 spiro atoms. The van der Waals surface area contributed by atoms with Crippen LogP contribution in [0.3, 0.4) is 0 Å². The summed E-state index contributed by atoms with van der Waals surface area (Å²) < 4.78 is 128. The van der Waals surface area contributed by atoms with Gasteiger partial charge in [0, 0.05) is 64.9 Å². The first-order chi connectivity index (χ1) is 46.3. The summed E-state index contributed by atoms with van der Waals surface area (Å²) in [6, 6.07) is 1.75. The molecule has 3 N–H and O–H groups in total. The van der Waals surface area contributed by atoms with E-state index in [-0.39, 0.29) is 440 Å². The van der Waals surface area contributed by atoms with E-state index in [0.29, 0.717) is 32.1 Å². The summed E-state index contributed by atoms with van der Waals surface area (Å²) in [6.07, 6.45) is -0.492. The van der Waals surface area contributed by atoms with Crippen molar-refractivity contribution in [1.29, 1.82) is 5.26 Å². The summed E-state index contributed by atoms with van der Waals surface area (Å²) in [5.74, 6) is -1.62. The monoisotopic (exact) mass is 2360 g/mol. The number of aliphatic hydroxyl groups is 3. The van der Waals surface area contributed by atoms with E-state index in [4.69, 9.17) is 83.8 Å². The van der Waals surface area contributed by atoms with Gasteiger partial charge in [0.1, 0.15) is 12.7 Å². The maximum absolute atomic E-state index is 13.5. The van der Waals surface area contributed by atoms with Crippen molar-refractivity contribution in [2.75, 3.05) is 81.5 Å². The van der Waals surface area contributed by atoms with Gasteiger partial charge in [0.25, 0.3) is 5.91 Å². The number of phosphoric ester groups is 2. The number of ether oxygens (including phenoxy) is 6. The van der Waals surface area contributed by atoms with Gasteiger partial charge in [-0.15, -0.1) is 47.6 Å². The average Bonchev–Trinajstić information content (AvgIpc) is 1.36. The van der Waals surface area contributed by atoms with E-state index in [1.807, 2.05) is 13.8 Å². The van der Waals surface area contributed by atoms with E-state index >= 15 is 0 Å². The molecule has 6 rings (SSSR count). The summed E-state index contributed by atoms with van der Waals surface area (Å²) in [7, 11) is -6.84. The standard InChI is InChI=1S/C22H42NO8PSi.C17H32O6PSi.C16H26NO11P.C5H11NO3.C2H3N.CH4.6Ba.6H/c1-9-17-18(10-13-26-17)30-32(25,28-15-12-21(24)23(5)6)29-16-20-19(11-14-27-20)31-33(7,8)22(2,3)4;1-7-13-14(8-10-19-13)22-24(18)21-12-16-15(9-11-20-16)23-25(5,6)17(2,3)4;1-11(19)27-17(2)16(21)5-8-25-29(22,26-10-15-12(20)3-6-24-15)28-13-4-7-23-14(13)9-18;1-6(9-2)5(8)3-4-7;1-2-3;;;;;;;;;;;;;/h13-14,17-20H,9-12,15-16H2,1-8H3;10-11,13-16H,7-9,12H2,1-6H3;6-7,12-15,18,20H,3-5,8-10H2,1-2H3;7H,3-4H2,1-2H3;1H3;1H4;;;;;;;;;;;;/q-2;-1;-2;;;;6*+2;6*-1/t17-,18-,19-,20-,32+;13-,14-,15-,16-;12-,13-,14-,15-,29+;;;;;;;;;;;;;;;/m111.............../s1. The minimum Gasteiger partial charge on any atom is -1.00 e. The quantitative estimate of drug-likeness (QED) is 0.0240. The van der Waals surface area contributed by atoms with E-state index in [1.54, 1.807) is 46.6 Å². The Morgan fingerprint density at radius 3 is 1.32 bits per heavy atom. The van der Waals surface area contributed by atoms with E-state index in [0.717, 1.165) is 29.9 Å². The molecule has 6 heterocycles. The molecule has 6 aliphatic rings. The normalized spacial score (nSPS) is 24.9. The second kappa shape index (κ2) is 64.7. The topological polar surface area (TPSA) is 380 Å². The number of hydrogen-bond acceptors (Lipinski definition) is 29. The van der Waals surface area contributed by atoms with Crippen LogP contribution in [0.15, 0.2) is 0 Å². The maximum atomic E-state index is 13.5. The van der Waals surface area contributed by atoms with Gasteiger partial charge in [-0.3, -0.25) is 51.2 Å². The molecule has 0 aromatic heterocycles. The summed E-state index contributed by atoms with van der Waals surface area (Å²) in [6.45, 7) is 37.1. The van der Waals surface area contributed by atoms with Crippen LogP contribution in [0.25, 0.3) is 0 Å². The largest absolute Gasteiger partial charge is 2.00 e. The van der Waals surface area contributed by atoms with Crippen molar-refractivity contribution < 1.29 is 140 Å². The number of rotatable bonds is 33. The Kier molecular flexibility index (Phi) is 75.6. The third kappa shape index (κ3) is 48.2. The molecule has 0 bridgehead atoms. The molecular weight excluding hydrogens is 2230 g/mol. The third-order valence-electron chi connectivity index (χ3n) is 16.7. The zero-order valence-corrected chi connectivity index (χ0v) is 96.9. The molecule has 43 heteroatoms. The van der Waals surface area contributed by atoms with Crippen LogP contribution in [0.2, 0.25) is 36.3 Å². The molecule has 6 saturated heterocycles. The number of amides is 3. The summed E-state index contributed by atoms with van der Waals surface area (Å²) in [5.41, 5.74) is 0. The Labute approximate surface area is 885 Å². The van der Waals surface area contributed by atoms with Gasteiger partial charge >= 0.3 is 323 Å². The second-order valence-electron chi connectivity index (χ2n) is 26.5. The van der Waals surface area contributed by atoms with Gasteiger partial charge in [0.2, 0.25) is 11.8 Å². The van der Waals surface area contributed by atoms with Crippen LogP contribution in [0.4, 0.5) is 0 Å². The second-order valence-corrected chi connectivity index (χ2v) is 40.2. The van der Waals surface area contributed by atoms with Crippen LogP contribution in [-0.4, -0.2) is 519 Å². The van der Waals surface area contributed by atoms with Crippen LogP contribution < -0.4 is 0 Å². The molecule has 0 aromatic rings.